The highest BCUT2D eigenvalue weighted by Crippen LogP contribution is 2.31. The lowest BCUT2D eigenvalue weighted by Crippen LogP contribution is -2.27. The summed E-state index contributed by atoms with van der Waals surface area (Å²) >= 11 is 0. The molecule has 132 valence electrons. The molecule has 1 saturated heterocycles. The SMILES string of the molecule is COc1cc(C#N)ccc1OC(=O)C1CC(=O)N(c2ccc(C)cc2)C1. The van der Waals surface area contributed by atoms with E-state index >= 15 is 0 Å². The van der Waals surface area contributed by atoms with Gasteiger partial charge in [0.25, 0.3) is 0 Å². The van der Waals surface area contributed by atoms with E-state index in [0.29, 0.717) is 11.3 Å². The second kappa shape index (κ2) is 7.28. The van der Waals surface area contributed by atoms with Crippen LogP contribution in [-0.2, 0) is 9.59 Å². The summed E-state index contributed by atoms with van der Waals surface area (Å²) in [6, 6.07) is 14.1. The number of methoxy groups -OCH3 is 1. The lowest BCUT2D eigenvalue weighted by molar-refractivity contribution is -0.139. The van der Waals surface area contributed by atoms with Gasteiger partial charge in [-0.25, -0.2) is 0 Å². The molecule has 26 heavy (non-hydrogen) atoms. The normalized spacial score (nSPS) is 16.3. The number of anilines is 1. The molecule has 1 fully saturated rings. The molecule has 2 aromatic rings. The first kappa shape index (κ1) is 17.5. The van der Waals surface area contributed by atoms with Gasteiger partial charge in [-0.15, -0.1) is 0 Å². The first-order valence-corrected chi connectivity index (χ1v) is 8.18. The van der Waals surface area contributed by atoms with Crippen molar-refractivity contribution in [2.45, 2.75) is 13.3 Å². The molecule has 2 aromatic carbocycles. The van der Waals surface area contributed by atoms with E-state index in [2.05, 4.69) is 0 Å². The molecule has 0 aromatic heterocycles. The van der Waals surface area contributed by atoms with Crippen molar-refractivity contribution in [3.05, 3.63) is 53.6 Å². The number of benzene rings is 2. The number of carbonyl (C=O) groups is 2. The highest BCUT2D eigenvalue weighted by atomic mass is 16.6. The Morgan fingerprint density at radius 1 is 1.19 bits per heavy atom. The van der Waals surface area contributed by atoms with Crippen molar-refractivity contribution in [2.75, 3.05) is 18.6 Å². The maximum Gasteiger partial charge on any atom is 0.316 e. The van der Waals surface area contributed by atoms with Crippen molar-refractivity contribution in [3.8, 4) is 17.6 Å². The highest BCUT2D eigenvalue weighted by molar-refractivity contribution is 5.99. The molecular formula is C20H18N2O4. The molecule has 0 radical (unpaired) electrons. The van der Waals surface area contributed by atoms with Crippen LogP contribution in [0.4, 0.5) is 5.69 Å². The smallest absolute Gasteiger partial charge is 0.316 e. The summed E-state index contributed by atoms with van der Waals surface area (Å²) in [4.78, 5) is 26.4. The number of rotatable bonds is 4. The molecule has 6 nitrogen and oxygen atoms in total. The minimum absolute atomic E-state index is 0.102. The van der Waals surface area contributed by atoms with E-state index < -0.39 is 11.9 Å². The van der Waals surface area contributed by atoms with Gasteiger partial charge >= 0.3 is 5.97 Å². The fourth-order valence-electron chi connectivity index (χ4n) is 2.85. The molecule has 1 aliphatic heterocycles. The zero-order valence-corrected chi connectivity index (χ0v) is 14.6. The Hall–Kier alpha value is -3.33. The number of aryl methyl sites for hydroxylation is 1. The van der Waals surface area contributed by atoms with Crippen molar-refractivity contribution < 1.29 is 19.1 Å². The van der Waals surface area contributed by atoms with Gasteiger partial charge in [-0.05, 0) is 31.2 Å². The Bertz CT molecular complexity index is 884. The van der Waals surface area contributed by atoms with Crippen LogP contribution in [0.2, 0.25) is 0 Å². The molecular weight excluding hydrogens is 332 g/mol. The van der Waals surface area contributed by atoms with Crippen molar-refractivity contribution in [3.63, 3.8) is 0 Å². The molecule has 0 saturated carbocycles. The van der Waals surface area contributed by atoms with Gasteiger partial charge in [0.15, 0.2) is 11.5 Å². The summed E-state index contributed by atoms with van der Waals surface area (Å²) in [5.74, 6) is -0.613. The zero-order chi connectivity index (χ0) is 18.7. The van der Waals surface area contributed by atoms with Crippen LogP contribution in [0.3, 0.4) is 0 Å². The summed E-state index contributed by atoms with van der Waals surface area (Å²) in [6.45, 7) is 2.25. The molecule has 1 unspecified atom stereocenters. The van der Waals surface area contributed by atoms with Crippen molar-refractivity contribution >= 4 is 17.6 Å². The number of hydrogen-bond acceptors (Lipinski definition) is 5. The zero-order valence-electron chi connectivity index (χ0n) is 14.6. The maximum absolute atomic E-state index is 12.5. The Kier molecular flexibility index (Phi) is 4.90. The highest BCUT2D eigenvalue weighted by Gasteiger charge is 2.36. The van der Waals surface area contributed by atoms with E-state index in [0.717, 1.165) is 11.3 Å². The van der Waals surface area contributed by atoms with E-state index in [9.17, 15) is 9.59 Å². The summed E-state index contributed by atoms with van der Waals surface area (Å²) in [7, 11) is 1.44. The number of esters is 1. The second-order valence-corrected chi connectivity index (χ2v) is 6.14. The van der Waals surface area contributed by atoms with Gasteiger partial charge in [-0.3, -0.25) is 9.59 Å². The molecule has 6 heteroatoms. The molecule has 0 N–H and O–H groups in total. The van der Waals surface area contributed by atoms with E-state index in [-0.39, 0.29) is 24.6 Å². The third kappa shape index (κ3) is 3.52. The summed E-state index contributed by atoms with van der Waals surface area (Å²) in [5.41, 5.74) is 2.28. The molecule has 1 amide bonds. The van der Waals surface area contributed by atoms with Gasteiger partial charge < -0.3 is 14.4 Å². The maximum atomic E-state index is 12.5. The quantitative estimate of drug-likeness (QED) is 0.626. The molecule has 3 rings (SSSR count). The van der Waals surface area contributed by atoms with Gasteiger partial charge in [0, 0.05) is 24.7 Å². The number of nitrogens with zero attached hydrogens (tertiary/aromatic N) is 2. The number of ether oxygens (including phenoxy) is 2. The first-order chi connectivity index (χ1) is 12.5. The van der Waals surface area contributed by atoms with Gasteiger partial charge in [-0.1, -0.05) is 17.7 Å². The summed E-state index contributed by atoms with van der Waals surface area (Å²) < 4.78 is 10.6. The Morgan fingerprint density at radius 2 is 1.92 bits per heavy atom. The predicted octanol–water partition coefficient (Wildman–Crippen LogP) is 2.83. The minimum Gasteiger partial charge on any atom is -0.493 e. The van der Waals surface area contributed by atoms with Crippen LogP contribution in [0.5, 0.6) is 11.5 Å². The number of amides is 1. The third-order valence-electron chi connectivity index (χ3n) is 4.31. The predicted molar refractivity (Wildman–Crippen MR) is 95.0 cm³/mol. The van der Waals surface area contributed by atoms with Crippen LogP contribution in [0.25, 0.3) is 0 Å². The van der Waals surface area contributed by atoms with Crippen LogP contribution in [0, 0.1) is 24.2 Å². The van der Waals surface area contributed by atoms with Crippen molar-refractivity contribution in [1.29, 1.82) is 5.26 Å². The average Bonchev–Trinajstić information content (AvgIpc) is 3.04. The van der Waals surface area contributed by atoms with Crippen molar-refractivity contribution in [1.82, 2.24) is 0 Å². The monoisotopic (exact) mass is 350 g/mol. The Morgan fingerprint density at radius 3 is 2.58 bits per heavy atom. The van der Waals surface area contributed by atoms with Crippen LogP contribution < -0.4 is 14.4 Å². The van der Waals surface area contributed by atoms with Crippen LogP contribution >= 0.6 is 0 Å². The third-order valence-corrected chi connectivity index (χ3v) is 4.31. The van der Waals surface area contributed by atoms with Crippen molar-refractivity contribution in [2.24, 2.45) is 5.92 Å². The van der Waals surface area contributed by atoms with E-state index in [4.69, 9.17) is 14.7 Å². The Balaban J connectivity index is 1.72. The molecule has 0 spiro atoms. The fourth-order valence-corrected chi connectivity index (χ4v) is 2.85. The largest absolute Gasteiger partial charge is 0.493 e. The number of hydrogen-bond donors (Lipinski definition) is 0. The van der Waals surface area contributed by atoms with Gasteiger partial charge in [0.2, 0.25) is 5.91 Å². The lowest BCUT2D eigenvalue weighted by atomic mass is 10.1. The average molecular weight is 350 g/mol. The number of nitriles is 1. The summed E-state index contributed by atoms with van der Waals surface area (Å²) in [5, 5.41) is 8.93. The van der Waals surface area contributed by atoms with E-state index in [1.807, 2.05) is 37.3 Å². The second-order valence-electron chi connectivity index (χ2n) is 6.14. The van der Waals surface area contributed by atoms with E-state index in [1.54, 1.807) is 11.0 Å². The fraction of sp³-hybridized carbons (Fsp3) is 0.250. The molecule has 0 bridgehead atoms. The molecule has 1 atom stereocenters. The Labute approximate surface area is 151 Å². The van der Waals surface area contributed by atoms with Crippen LogP contribution in [-0.4, -0.2) is 25.5 Å². The molecule has 1 aliphatic rings. The van der Waals surface area contributed by atoms with Gasteiger partial charge in [-0.2, -0.15) is 5.26 Å². The van der Waals surface area contributed by atoms with Gasteiger partial charge in [0.1, 0.15) is 0 Å². The van der Waals surface area contributed by atoms with Gasteiger partial charge in [0.05, 0.1) is 24.7 Å². The summed E-state index contributed by atoms with van der Waals surface area (Å²) in [6.07, 6.45) is 0.102. The lowest BCUT2D eigenvalue weighted by Gasteiger charge is -2.17. The molecule has 1 heterocycles. The first-order valence-electron chi connectivity index (χ1n) is 8.18. The minimum atomic E-state index is -0.552. The molecule has 0 aliphatic carbocycles. The van der Waals surface area contributed by atoms with Crippen LogP contribution in [0.1, 0.15) is 17.5 Å². The van der Waals surface area contributed by atoms with Crippen LogP contribution in [0.15, 0.2) is 42.5 Å². The topological polar surface area (TPSA) is 79.6 Å². The van der Waals surface area contributed by atoms with E-state index in [1.165, 1.54) is 19.2 Å². The standard InChI is InChI=1S/C20H18N2O4/c1-13-3-6-16(7-4-13)22-12-15(10-19(22)23)20(24)26-17-8-5-14(11-21)9-18(17)25-2/h3-9,15H,10,12H2,1-2H3. The number of carbonyl (C=O) groups excluding carboxylic acids is 2.